The van der Waals surface area contributed by atoms with Crippen LogP contribution in [0, 0.1) is 10.7 Å². The highest BCUT2D eigenvalue weighted by atomic mass is 32.2. The largest absolute Gasteiger partial charge is 0.480 e. The fourth-order valence-electron chi connectivity index (χ4n) is 2.39. The molecule has 1 unspecified atom stereocenters. The van der Waals surface area contributed by atoms with Crippen LogP contribution in [0.3, 0.4) is 0 Å². The van der Waals surface area contributed by atoms with E-state index in [2.05, 4.69) is 0 Å². The Labute approximate surface area is 76.8 Å². The van der Waals surface area contributed by atoms with Crippen molar-refractivity contribution in [3.8, 4) is 0 Å². The molecule has 13 heavy (non-hydrogen) atoms. The maximum absolute atomic E-state index is 11.5. The Morgan fingerprint density at radius 3 is 2.54 bits per heavy atom. The fraction of sp³-hybridized carbons (Fsp3) is 0.857. The molecule has 3 fully saturated rings. The molecule has 2 saturated heterocycles. The minimum atomic E-state index is -2.86. The zero-order chi connectivity index (χ0) is 9.85. The van der Waals surface area contributed by atoms with E-state index in [9.17, 15) is 9.00 Å². The van der Waals surface area contributed by atoms with Crippen LogP contribution >= 0.6 is 0 Å². The van der Waals surface area contributed by atoms with Crippen molar-refractivity contribution in [3.63, 3.8) is 0 Å². The fourth-order valence-corrected chi connectivity index (χ4v) is 3.78. The Morgan fingerprint density at radius 1 is 1.69 bits per heavy atom. The molecule has 1 aliphatic carbocycles. The summed E-state index contributed by atoms with van der Waals surface area (Å²) < 4.78 is 20.2. The average molecular weight is 204 g/mol. The van der Waals surface area contributed by atoms with E-state index in [1.807, 2.05) is 0 Å². The second-order valence-corrected chi connectivity index (χ2v) is 6.02. The summed E-state index contributed by atoms with van der Waals surface area (Å²) in [7, 11) is -2.86. The molecule has 0 aromatic rings. The van der Waals surface area contributed by atoms with Gasteiger partial charge in [0.15, 0.2) is 0 Å². The van der Waals surface area contributed by atoms with Gasteiger partial charge in [0.25, 0.3) is 0 Å². The van der Waals surface area contributed by atoms with E-state index in [-0.39, 0.29) is 0 Å². The minimum Gasteiger partial charge on any atom is -0.480 e. The summed E-state index contributed by atoms with van der Waals surface area (Å²) in [5.74, 6) is -0.592. The monoisotopic (exact) mass is 204 g/mol. The van der Waals surface area contributed by atoms with Gasteiger partial charge in [-0.1, -0.05) is 0 Å². The molecule has 74 valence electrons. The van der Waals surface area contributed by atoms with Gasteiger partial charge >= 0.3 is 5.97 Å². The van der Waals surface area contributed by atoms with Crippen molar-refractivity contribution in [3.05, 3.63) is 0 Å². The minimum absolute atomic E-state index is 0.335. The Kier molecular flexibility index (Phi) is 1.55. The van der Waals surface area contributed by atoms with Gasteiger partial charge in [0.05, 0.1) is 0 Å². The predicted molar refractivity (Wildman–Crippen MR) is 46.6 cm³/mol. The summed E-state index contributed by atoms with van der Waals surface area (Å²) in [4.78, 5) is 11.0. The number of carboxylic acid groups (broad SMARTS) is 1. The van der Waals surface area contributed by atoms with E-state index >= 15 is 0 Å². The molecule has 0 aromatic heterocycles. The molecule has 2 bridgehead atoms. The third-order valence-corrected chi connectivity index (χ3v) is 4.31. The third kappa shape index (κ3) is 1.02. The number of nitrogens with zero attached hydrogens (tertiary/aromatic N) is 1. The number of nitrogens with one attached hydrogen (secondary N) is 1. The van der Waals surface area contributed by atoms with Gasteiger partial charge in [0.2, 0.25) is 0 Å². The number of carbonyl (C=O) groups is 1. The van der Waals surface area contributed by atoms with E-state index in [1.54, 1.807) is 0 Å². The molecule has 1 atom stereocenters. The van der Waals surface area contributed by atoms with Gasteiger partial charge in [-0.25, -0.2) is 13.3 Å². The van der Waals surface area contributed by atoms with Crippen LogP contribution in [0.2, 0.25) is 0 Å². The molecule has 3 aliphatic rings. The molecule has 2 N–H and O–H groups in total. The molecule has 5 nitrogen and oxygen atoms in total. The second kappa shape index (κ2) is 2.24. The van der Waals surface area contributed by atoms with Gasteiger partial charge < -0.3 is 5.11 Å². The van der Waals surface area contributed by atoms with Crippen LogP contribution < -0.4 is 0 Å². The molecule has 6 heteroatoms. The van der Waals surface area contributed by atoms with Gasteiger partial charge in [-0.3, -0.25) is 4.79 Å². The van der Waals surface area contributed by atoms with Crippen molar-refractivity contribution in [2.24, 2.45) is 5.92 Å². The van der Waals surface area contributed by atoms with Crippen molar-refractivity contribution in [2.45, 2.75) is 18.4 Å². The first-order valence-electron chi connectivity index (χ1n) is 4.11. The Morgan fingerprint density at radius 2 is 2.23 bits per heavy atom. The van der Waals surface area contributed by atoms with Gasteiger partial charge in [-0.15, -0.1) is 0 Å². The first-order chi connectivity index (χ1) is 5.86. The highest BCUT2D eigenvalue weighted by Gasteiger charge is 2.63. The van der Waals surface area contributed by atoms with Crippen LogP contribution in [0.4, 0.5) is 0 Å². The number of hydrogen-bond acceptors (Lipinski definition) is 3. The molecule has 1 saturated carbocycles. The maximum Gasteiger partial charge on any atom is 0.325 e. The lowest BCUT2D eigenvalue weighted by molar-refractivity contribution is -0.149. The van der Waals surface area contributed by atoms with Gasteiger partial charge in [-0.05, 0) is 18.8 Å². The van der Waals surface area contributed by atoms with Crippen LogP contribution in [0.25, 0.3) is 0 Å². The standard InChI is InChI=1S/C7H12N2O3S/c1-13(8,12)9-4-5-2-7(9,3-5)6(10)11/h5,8H,2-4H2,1H3,(H,10,11). The smallest absolute Gasteiger partial charge is 0.325 e. The third-order valence-electron chi connectivity index (χ3n) is 2.97. The van der Waals surface area contributed by atoms with E-state index in [0.717, 1.165) is 0 Å². The molecule has 0 aromatic carbocycles. The Bertz CT molecular complexity index is 356. The SMILES string of the molecule is CS(=N)(=O)N1CC2CC1(C(=O)O)C2. The topological polar surface area (TPSA) is 81.5 Å². The summed E-state index contributed by atoms with van der Waals surface area (Å²) in [6, 6.07) is 0. The lowest BCUT2D eigenvalue weighted by atomic mass is 9.74. The second-order valence-electron chi connectivity index (χ2n) is 3.97. The van der Waals surface area contributed by atoms with Crippen LogP contribution in [0.15, 0.2) is 0 Å². The average Bonchev–Trinajstić information content (AvgIpc) is 2.33. The summed E-state index contributed by atoms with van der Waals surface area (Å²) >= 11 is 0. The van der Waals surface area contributed by atoms with Crippen LogP contribution in [0.5, 0.6) is 0 Å². The Hall–Kier alpha value is -0.620. The van der Waals surface area contributed by atoms with Crippen molar-refractivity contribution in [1.82, 2.24) is 4.31 Å². The van der Waals surface area contributed by atoms with Crippen LogP contribution in [-0.4, -0.2) is 37.9 Å². The molecule has 0 radical (unpaired) electrons. The van der Waals surface area contributed by atoms with E-state index < -0.39 is 21.4 Å². The molecule has 0 amide bonds. The van der Waals surface area contributed by atoms with Crippen LogP contribution in [-0.2, 0) is 14.7 Å². The molecule has 3 rings (SSSR count). The zero-order valence-electron chi connectivity index (χ0n) is 7.32. The van der Waals surface area contributed by atoms with E-state index in [0.29, 0.717) is 25.3 Å². The summed E-state index contributed by atoms with van der Waals surface area (Å²) in [6.45, 7) is 0.505. The highest BCUT2D eigenvalue weighted by molar-refractivity contribution is 7.89. The lowest BCUT2D eigenvalue weighted by Crippen LogP contribution is -2.53. The molecular formula is C7H12N2O3S. The molecule has 2 aliphatic heterocycles. The first kappa shape index (κ1) is 8.96. The number of aliphatic carboxylic acids is 1. The van der Waals surface area contributed by atoms with Gasteiger partial charge in [0.1, 0.15) is 15.5 Å². The van der Waals surface area contributed by atoms with E-state index in [1.165, 1.54) is 10.6 Å². The van der Waals surface area contributed by atoms with Crippen molar-refractivity contribution < 1.29 is 14.1 Å². The first-order valence-corrected chi connectivity index (χ1v) is 6.03. The van der Waals surface area contributed by atoms with Crippen LogP contribution in [0.1, 0.15) is 12.8 Å². The van der Waals surface area contributed by atoms with Crippen molar-refractivity contribution in [1.29, 1.82) is 4.78 Å². The van der Waals surface area contributed by atoms with Crippen molar-refractivity contribution >= 4 is 15.9 Å². The number of rotatable bonds is 2. The molecule has 2 heterocycles. The lowest BCUT2D eigenvalue weighted by Gasteiger charge is -2.37. The predicted octanol–water partition coefficient (Wildman–Crippen LogP) is 0.127. The highest BCUT2D eigenvalue weighted by Crippen LogP contribution is 2.51. The van der Waals surface area contributed by atoms with Gasteiger partial charge in [-0.2, -0.15) is 0 Å². The van der Waals surface area contributed by atoms with Gasteiger partial charge in [0, 0.05) is 12.8 Å². The number of fused-ring (bicyclic) bond motifs is 1. The Balaban J connectivity index is 2.38. The number of hydrogen-bond donors (Lipinski definition) is 2. The molecular weight excluding hydrogens is 192 g/mol. The summed E-state index contributed by atoms with van der Waals surface area (Å²) in [5, 5.41) is 8.99. The summed E-state index contributed by atoms with van der Waals surface area (Å²) in [5.41, 5.74) is -0.974. The quantitative estimate of drug-likeness (QED) is 0.670. The van der Waals surface area contributed by atoms with E-state index in [4.69, 9.17) is 9.89 Å². The normalized spacial score (nSPS) is 42.4. The zero-order valence-corrected chi connectivity index (χ0v) is 8.13. The summed E-state index contributed by atoms with van der Waals surface area (Å²) in [6.07, 6.45) is 2.41. The molecule has 0 spiro atoms. The number of carboxylic acids is 1. The van der Waals surface area contributed by atoms with Crippen molar-refractivity contribution in [2.75, 3.05) is 12.8 Å². The maximum atomic E-state index is 11.5.